The van der Waals surface area contributed by atoms with Crippen LogP contribution in [0.2, 0.25) is 0 Å². The number of carbonyl (C=O) groups excluding carboxylic acids is 2. The van der Waals surface area contributed by atoms with E-state index in [4.69, 9.17) is 4.74 Å². The van der Waals surface area contributed by atoms with Gasteiger partial charge in [-0.3, -0.25) is 14.5 Å². The quantitative estimate of drug-likeness (QED) is 0.599. The number of nitrogens with one attached hydrogen (secondary N) is 1. The van der Waals surface area contributed by atoms with Gasteiger partial charge in [0.1, 0.15) is 16.9 Å². The van der Waals surface area contributed by atoms with Crippen molar-refractivity contribution in [2.75, 3.05) is 23.1 Å². The second kappa shape index (κ2) is 8.81. The zero-order valence-corrected chi connectivity index (χ0v) is 17.9. The molecule has 0 bridgehead atoms. The summed E-state index contributed by atoms with van der Waals surface area (Å²) < 4.78 is 19.3. The van der Waals surface area contributed by atoms with Crippen molar-refractivity contribution in [1.29, 1.82) is 0 Å². The molecule has 0 unspecified atom stereocenters. The smallest absolute Gasteiger partial charge is 0.255 e. The van der Waals surface area contributed by atoms with E-state index in [9.17, 15) is 14.0 Å². The Morgan fingerprint density at radius 3 is 2.71 bits per heavy atom. The highest BCUT2D eigenvalue weighted by Gasteiger charge is 2.34. The van der Waals surface area contributed by atoms with Crippen LogP contribution in [0.1, 0.15) is 26.9 Å². The lowest BCUT2D eigenvalue weighted by Crippen LogP contribution is -2.28. The van der Waals surface area contributed by atoms with Crippen LogP contribution < -0.4 is 15.0 Å². The van der Waals surface area contributed by atoms with Gasteiger partial charge in [-0.2, -0.15) is 0 Å². The van der Waals surface area contributed by atoms with E-state index < -0.39 is 0 Å². The Hall–Kier alpha value is -3.32. The molecule has 1 atom stereocenters. The average molecular weight is 437 g/mol. The van der Waals surface area contributed by atoms with Gasteiger partial charge in [0.05, 0.1) is 12.9 Å². The third kappa shape index (κ3) is 4.41. The maximum absolute atomic E-state index is 14.1. The lowest BCUT2D eigenvalue weighted by molar-refractivity contribution is -0.115. The van der Waals surface area contributed by atoms with Crippen molar-refractivity contribution in [3.63, 3.8) is 0 Å². The zero-order valence-electron chi connectivity index (χ0n) is 17.1. The number of thioether (sulfide) groups is 1. The highest BCUT2D eigenvalue weighted by Crippen LogP contribution is 2.42. The molecule has 1 saturated heterocycles. The summed E-state index contributed by atoms with van der Waals surface area (Å²) in [7, 11) is 1.55. The number of rotatable bonds is 5. The van der Waals surface area contributed by atoms with Crippen LogP contribution in [0.5, 0.6) is 5.75 Å². The molecule has 1 aliphatic rings. The number of amides is 2. The fraction of sp³-hybridized carbons (Fsp3) is 0.167. The van der Waals surface area contributed by atoms with E-state index in [1.54, 1.807) is 61.4 Å². The third-order valence-electron chi connectivity index (χ3n) is 5.06. The maximum atomic E-state index is 14.1. The molecule has 0 saturated carbocycles. The molecule has 4 rings (SSSR count). The first-order chi connectivity index (χ1) is 15.0. The molecule has 2 amide bonds. The first-order valence-electron chi connectivity index (χ1n) is 9.71. The Labute approximate surface area is 184 Å². The van der Waals surface area contributed by atoms with E-state index >= 15 is 0 Å². The summed E-state index contributed by atoms with van der Waals surface area (Å²) in [5.74, 6) is 0.219. The molecule has 7 heteroatoms. The number of ether oxygens (including phenoxy) is 1. The van der Waals surface area contributed by atoms with Gasteiger partial charge in [-0.15, -0.1) is 11.8 Å². The molecule has 158 valence electrons. The first-order valence-corrected chi connectivity index (χ1v) is 10.8. The number of anilines is 2. The van der Waals surface area contributed by atoms with Crippen LogP contribution in [0.4, 0.5) is 15.8 Å². The van der Waals surface area contributed by atoms with Crippen molar-refractivity contribution in [2.24, 2.45) is 0 Å². The maximum Gasteiger partial charge on any atom is 0.255 e. The van der Waals surface area contributed by atoms with Gasteiger partial charge in [0.15, 0.2) is 0 Å². The molecule has 3 aromatic rings. The molecular formula is C24H21FN2O3S. The summed E-state index contributed by atoms with van der Waals surface area (Å²) in [6.45, 7) is 1.69. The largest absolute Gasteiger partial charge is 0.497 e. The highest BCUT2D eigenvalue weighted by atomic mass is 32.2. The number of benzene rings is 3. The Kier molecular flexibility index (Phi) is 5.95. The van der Waals surface area contributed by atoms with Crippen LogP contribution >= 0.6 is 11.8 Å². The monoisotopic (exact) mass is 436 g/mol. The van der Waals surface area contributed by atoms with Gasteiger partial charge in [0, 0.05) is 16.9 Å². The second-order valence-electron chi connectivity index (χ2n) is 7.17. The molecule has 31 heavy (non-hydrogen) atoms. The fourth-order valence-corrected chi connectivity index (χ4v) is 4.59. The molecule has 1 N–H and O–H groups in total. The summed E-state index contributed by atoms with van der Waals surface area (Å²) in [6, 6.07) is 19.1. The average Bonchev–Trinajstić information content (AvgIpc) is 3.17. The lowest BCUT2D eigenvalue weighted by atomic mass is 10.1. The first kappa shape index (κ1) is 20.9. The molecule has 0 aliphatic carbocycles. The summed E-state index contributed by atoms with van der Waals surface area (Å²) in [4.78, 5) is 26.8. The molecule has 0 radical (unpaired) electrons. The van der Waals surface area contributed by atoms with E-state index in [0.717, 1.165) is 5.56 Å². The van der Waals surface area contributed by atoms with Crippen LogP contribution in [0.15, 0.2) is 66.7 Å². The SMILES string of the molecule is COc1cccc(C(=O)Nc2cccc([C@H]3SCC(=O)N3c3ccc(C)c(F)c3)c2)c1. The lowest BCUT2D eigenvalue weighted by Gasteiger charge is -2.25. The van der Waals surface area contributed by atoms with Crippen molar-refractivity contribution in [3.05, 3.63) is 89.2 Å². The molecule has 1 heterocycles. The van der Waals surface area contributed by atoms with Crippen molar-refractivity contribution < 1.29 is 18.7 Å². The third-order valence-corrected chi connectivity index (χ3v) is 6.28. The fourth-order valence-electron chi connectivity index (χ4n) is 3.42. The van der Waals surface area contributed by atoms with Crippen LogP contribution in [0, 0.1) is 12.7 Å². The number of carbonyl (C=O) groups is 2. The summed E-state index contributed by atoms with van der Waals surface area (Å²) >= 11 is 1.47. The number of halogens is 1. The molecule has 1 aliphatic heterocycles. The normalized spacial score (nSPS) is 15.8. The molecular weight excluding hydrogens is 415 g/mol. The summed E-state index contributed by atoms with van der Waals surface area (Å²) in [6.07, 6.45) is 0. The minimum atomic E-state index is -0.347. The van der Waals surface area contributed by atoms with Gasteiger partial charge < -0.3 is 10.1 Å². The van der Waals surface area contributed by atoms with Gasteiger partial charge in [0.25, 0.3) is 5.91 Å². The van der Waals surface area contributed by atoms with Crippen molar-refractivity contribution >= 4 is 35.0 Å². The van der Waals surface area contributed by atoms with Crippen LogP contribution in [-0.2, 0) is 4.79 Å². The minimum absolute atomic E-state index is 0.0796. The predicted octanol–water partition coefficient (Wildman–Crippen LogP) is 5.17. The molecule has 1 fully saturated rings. The molecule has 0 spiro atoms. The van der Waals surface area contributed by atoms with Gasteiger partial charge in [0.2, 0.25) is 5.91 Å². The zero-order chi connectivity index (χ0) is 22.0. The van der Waals surface area contributed by atoms with E-state index in [-0.39, 0.29) is 23.0 Å². The molecule has 3 aromatic carbocycles. The predicted molar refractivity (Wildman–Crippen MR) is 121 cm³/mol. The Bertz CT molecular complexity index is 1150. The number of nitrogens with zero attached hydrogens (tertiary/aromatic N) is 1. The van der Waals surface area contributed by atoms with Crippen molar-refractivity contribution in [2.45, 2.75) is 12.3 Å². The number of aryl methyl sites for hydroxylation is 1. The van der Waals surface area contributed by atoms with Crippen LogP contribution in [0.3, 0.4) is 0 Å². The van der Waals surface area contributed by atoms with E-state index in [0.29, 0.717) is 34.0 Å². The number of hydrogen-bond acceptors (Lipinski definition) is 4. The Balaban J connectivity index is 1.58. The molecule has 5 nitrogen and oxygen atoms in total. The summed E-state index contributed by atoms with van der Waals surface area (Å²) in [5, 5.41) is 2.59. The number of hydrogen-bond donors (Lipinski definition) is 1. The van der Waals surface area contributed by atoms with Crippen molar-refractivity contribution in [3.8, 4) is 5.75 Å². The van der Waals surface area contributed by atoms with Crippen molar-refractivity contribution in [1.82, 2.24) is 0 Å². The minimum Gasteiger partial charge on any atom is -0.497 e. The standard InChI is InChI=1S/C24H21FN2O3S/c1-15-9-10-19(13-21(15)25)27-22(28)14-31-24(27)17-6-3-7-18(11-17)26-23(29)16-5-4-8-20(12-16)30-2/h3-13,24H,14H2,1-2H3,(H,26,29)/t24-/m1/s1. The number of methoxy groups -OCH3 is 1. The van der Waals surface area contributed by atoms with Gasteiger partial charge in [-0.1, -0.05) is 24.3 Å². The van der Waals surface area contributed by atoms with E-state index in [1.165, 1.54) is 17.8 Å². The van der Waals surface area contributed by atoms with E-state index in [2.05, 4.69) is 5.32 Å². The van der Waals surface area contributed by atoms with Crippen LogP contribution in [-0.4, -0.2) is 24.7 Å². The van der Waals surface area contributed by atoms with Crippen LogP contribution in [0.25, 0.3) is 0 Å². The van der Waals surface area contributed by atoms with Gasteiger partial charge in [-0.25, -0.2) is 4.39 Å². The van der Waals surface area contributed by atoms with E-state index in [1.807, 2.05) is 18.2 Å². The van der Waals surface area contributed by atoms with Gasteiger partial charge in [-0.05, 0) is 60.5 Å². The Morgan fingerprint density at radius 1 is 1.13 bits per heavy atom. The molecule has 0 aromatic heterocycles. The second-order valence-corrected chi connectivity index (χ2v) is 8.24. The topological polar surface area (TPSA) is 58.6 Å². The Morgan fingerprint density at radius 2 is 1.94 bits per heavy atom. The van der Waals surface area contributed by atoms with Gasteiger partial charge >= 0.3 is 0 Å². The summed E-state index contributed by atoms with van der Waals surface area (Å²) in [5.41, 5.74) is 2.99. The highest BCUT2D eigenvalue weighted by molar-refractivity contribution is 8.00.